The van der Waals surface area contributed by atoms with Crippen LogP contribution in [0.25, 0.3) is 0 Å². The number of hydrogen-bond donors (Lipinski definition) is 0. The first-order valence-corrected chi connectivity index (χ1v) is 6.84. The van der Waals surface area contributed by atoms with E-state index in [0.29, 0.717) is 11.3 Å². The van der Waals surface area contributed by atoms with Gasteiger partial charge in [-0.05, 0) is 24.2 Å². The summed E-state index contributed by atoms with van der Waals surface area (Å²) in [6, 6.07) is 0. The zero-order valence-corrected chi connectivity index (χ0v) is 12.7. The molecule has 18 heavy (non-hydrogen) atoms. The van der Waals surface area contributed by atoms with Crippen LogP contribution in [-0.4, -0.2) is 20.5 Å². The van der Waals surface area contributed by atoms with Gasteiger partial charge in [0, 0.05) is 20.6 Å². The van der Waals surface area contributed by atoms with Gasteiger partial charge >= 0.3 is 0 Å². The molecule has 1 atom stereocenters. The lowest BCUT2D eigenvalue weighted by Gasteiger charge is -2.28. The second kappa shape index (κ2) is 6.53. The van der Waals surface area contributed by atoms with Crippen molar-refractivity contribution in [3.63, 3.8) is 0 Å². The molecule has 1 aliphatic carbocycles. The van der Waals surface area contributed by atoms with Crippen LogP contribution in [0, 0.1) is 11.3 Å². The Morgan fingerprint density at radius 3 is 2.11 bits per heavy atom. The maximum Gasteiger partial charge on any atom is 0.157 e. The fraction of sp³-hybridized carbons (Fsp3) is 0.750. The van der Waals surface area contributed by atoms with Gasteiger partial charge in [-0.2, -0.15) is 0 Å². The minimum absolute atomic E-state index is 0.0890. The van der Waals surface area contributed by atoms with E-state index in [1.54, 1.807) is 19.8 Å². The van der Waals surface area contributed by atoms with Gasteiger partial charge < -0.3 is 9.47 Å². The molecule has 0 saturated carbocycles. The fourth-order valence-electron chi connectivity index (χ4n) is 2.42. The molecule has 2 nitrogen and oxygen atoms in total. The van der Waals surface area contributed by atoms with Crippen molar-refractivity contribution in [1.82, 2.24) is 0 Å². The number of hydrogen-bond acceptors (Lipinski definition) is 2. The van der Waals surface area contributed by atoms with Crippen LogP contribution in [0.5, 0.6) is 0 Å². The normalized spacial score (nSPS) is 18.6. The molecule has 0 aromatic carbocycles. The van der Waals surface area contributed by atoms with Gasteiger partial charge in [0.15, 0.2) is 6.29 Å². The Bertz CT molecular complexity index is 316. The van der Waals surface area contributed by atoms with Crippen LogP contribution in [0.2, 0.25) is 0 Å². The standard InChI is InChI=1S/C16H28O2/c1-12(11-15(17-5)18-6)13-7-9-14(10-8-13)16(2,3)4/h7,9,12,15H,8,10-11H2,1-6H3. The number of rotatable bonds is 5. The fourth-order valence-corrected chi connectivity index (χ4v) is 2.42. The Balaban J connectivity index is 2.64. The average Bonchev–Trinajstić information content (AvgIpc) is 2.34. The van der Waals surface area contributed by atoms with Gasteiger partial charge in [0.2, 0.25) is 0 Å². The van der Waals surface area contributed by atoms with Crippen molar-refractivity contribution in [2.24, 2.45) is 11.3 Å². The summed E-state index contributed by atoms with van der Waals surface area (Å²) in [5, 5.41) is 0. The molecule has 0 bridgehead atoms. The van der Waals surface area contributed by atoms with E-state index in [2.05, 4.69) is 39.8 Å². The maximum atomic E-state index is 5.27. The van der Waals surface area contributed by atoms with Gasteiger partial charge in [0.25, 0.3) is 0 Å². The van der Waals surface area contributed by atoms with Crippen LogP contribution in [0.4, 0.5) is 0 Å². The summed E-state index contributed by atoms with van der Waals surface area (Å²) >= 11 is 0. The van der Waals surface area contributed by atoms with Crippen molar-refractivity contribution in [3.8, 4) is 0 Å². The van der Waals surface area contributed by atoms with Gasteiger partial charge in [-0.25, -0.2) is 0 Å². The van der Waals surface area contributed by atoms with Gasteiger partial charge in [0.1, 0.15) is 0 Å². The third-order valence-electron chi connectivity index (χ3n) is 3.85. The van der Waals surface area contributed by atoms with Gasteiger partial charge in [-0.1, -0.05) is 51.0 Å². The topological polar surface area (TPSA) is 18.5 Å². The van der Waals surface area contributed by atoms with Crippen LogP contribution in [0.1, 0.15) is 47.0 Å². The van der Waals surface area contributed by atoms with E-state index in [4.69, 9.17) is 9.47 Å². The van der Waals surface area contributed by atoms with Crippen LogP contribution < -0.4 is 0 Å². The highest BCUT2D eigenvalue weighted by atomic mass is 16.7. The molecule has 2 heteroatoms. The smallest absolute Gasteiger partial charge is 0.157 e. The minimum Gasteiger partial charge on any atom is -0.356 e. The maximum absolute atomic E-state index is 5.27. The summed E-state index contributed by atoms with van der Waals surface area (Å²) in [5.74, 6) is 0.521. The number of methoxy groups -OCH3 is 2. The summed E-state index contributed by atoms with van der Waals surface area (Å²) in [6.07, 6.45) is 7.81. The molecule has 0 aromatic heterocycles. The van der Waals surface area contributed by atoms with Crippen molar-refractivity contribution in [3.05, 3.63) is 23.3 Å². The number of allylic oxidation sites excluding steroid dienone is 4. The van der Waals surface area contributed by atoms with Crippen molar-refractivity contribution in [2.75, 3.05) is 14.2 Å². The summed E-state index contributed by atoms with van der Waals surface area (Å²) in [7, 11) is 3.40. The zero-order valence-electron chi connectivity index (χ0n) is 12.7. The minimum atomic E-state index is -0.0890. The van der Waals surface area contributed by atoms with E-state index in [-0.39, 0.29) is 6.29 Å². The molecule has 104 valence electrons. The van der Waals surface area contributed by atoms with E-state index in [9.17, 15) is 0 Å². The molecule has 1 rings (SSSR count). The number of ether oxygens (including phenoxy) is 2. The molecule has 0 fully saturated rings. The SMILES string of the molecule is COC(CC(C)C1=CC=C(C(C)(C)C)CC1)OC. The Hall–Kier alpha value is -0.600. The highest BCUT2D eigenvalue weighted by molar-refractivity contribution is 5.28. The molecular weight excluding hydrogens is 224 g/mol. The van der Waals surface area contributed by atoms with Crippen LogP contribution in [0.15, 0.2) is 23.3 Å². The Kier molecular flexibility index (Phi) is 5.61. The van der Waals surface area contributed by atoms with Crippen molar-refractivity contribution < 1.29 is 9.47 Å². The Labute approximate surface area is 112 Å². The van der Waals surface area contributed by atoms with E-state index in [1.165, 1.54) is 18.4 Å². The van der Waals surface area contributed by atoms with Crippen molar-refractivity contribution in [2.45, 2.75) is 53.2 Å². The molecule has 0 aliphatic heterocycles. The largest absolute Gasteiger partial charge is 0.356 e. The third-order valence-corrected chi connectivity index (χ3v) is 3.85. The second-order valence-corrected chi connectivity index (χ2v) is 6.22. The molecule has 1 unspecified atom stereocenters. The van der Waals surface area contributed by atoms with Gasteiger partial charge in [0.05, 0.1) is 0 Å². The molecule has 0 aromatic rings. The van der Waals surface area contributed by atoms with Gasteiger partial charge in [-0.3, -0.25) is 0 Å². The quantitative estimate of drug-likeness (QED) is 0.678. The molecule has 0 N–H and O–H groups in total. The molecule has 0 radical (unpaired) electrons. The summed E-state index contributed by atoms with van der Waals surface area (Å²) in [6.45, 7) is 9.11. The Morgan fingerprint density at radius 1 is 1.11 bits per heavy atom. The van der Waals surface area contributed by atoms with E-state index in [0.717, 1.165) is 6.42 Å². The van der Waals surface area contributed by atoms with E-state index in [1.807, 2.05) is 0 Å². The lowest BCUT2D eigenvalue weighted by Crippen LogP contribution is -2.19. The molecule has 1 aliphatic rings. The van der Waals surface area contributed by atoms with Crippen LogP contribution in [-0.2, 0) is 9.47 Å². The second-order valence-electron chi connectivity index (χ2n) is 6.22. The van der Waals surface area contributed by atoms with Crippen LogP contribution in [0.3, 0.4) is 0 Å². The molecule has 0 amide bonds. The zero-order chi connectivity index (χ0) is 13.8. The van der Waals surface area contributed by atoms with Crippen molar-refractivity contribution in [1.29, 1.82) is 0 Å². The molecular formula is C16H28O2. The van der Waals surface area contributed by atoms with E-state index < -0.39 is 0 Å². The average molecular weight is 252 g/mol. The lowest BCUT2D eigenvalue weighted by atomic mass is 9.78. The monoisotopic (exact) mass is 252 g/mol. The first-order chi connectivity index (χ1) is 8.38. The summed E-state index contributed by atoms with van der Waals surface area (Å²) in [5.41, 5.74) is 3.36. The summed E-state index contributed by atoms with van der Waals surface area (Å²) in [4.78, 5) is 0. The first kappa shape index (κ1) is 15.5. The third kappa shape index (κ3) is 4.25. The molecule has 0 saturated heterocycles. The Morgan fingerprint density at radius 2 is 1.72 bits per heavy atom. The first-order valence-electron chi connectivity index (χ1n) is 6.84. The van der Waals surface area contributed by atoms with Gasteiger partial charge in [-0.15, -0.1) is 0 Å². The lowest BCUT2D eigenvalue weighted by molar-refractivity contribution is -0.111. The predicted octanol–water partition coefficient (Wildman–Crippen LogP) is 4.32. The highest BCUT2D eigenvalue weighted by Crippen LogP contribution is 2.35. The van der Waals surface area contributed by atoms with Crippen molar-refractivity contribution >= 4 is 0 Å². The highest BCUT2D eigenvalue weighted by Gasteiger charge is 2.22. The summed E-state index contributed by atoms with van der Waals surface area (Å²) < 4.78 is 10.5. The molecule has 0 spiro atoms. The molecule has 0 heterocycles. The van der Waals surface area contributed by atoms with E-state index >= 15 is 0 Å². The predicted molar refractivity (Wildman–Crippen MR) is 76.4 cm³/mol. The van der Waals surface area contributed by atoms with Crippen LogP contribution >= 0.6 is 0 Å².